The molecule has 0 aromatic carbocycles. The molecule has 0 aliphatic rings. The molecule has 0 saturated heterocycles. The fraction of sp³-hybridized carbons (Fsp3) is 1.00. The topological polar surface area (TPSA) is 53.2 Å². The highest BCUT2D eigenvalue weighted by atomic mass is 35.5. The number of halogens is 1. The van der Waals surface area contributed by atoms with Gasteiger partial charge in [-0.3, -0.25) is 4.57 Å². The van der Waals surface area contributed by atoms with Gasteiger partial charge in [0.25, 0.3) is 7.59 Å². The average Bonchev–Trinajstić information content (AvgIpc) is 1.83. The lowest BCUT2D eigenvalue weighted by Gasteiger charge is -2.22. The number of rotatable bonds is 5. The van der Waals surface area contributed by atoms with Gasteiger partial charge in [0.15, 0.2) is 0 Å². The summed E-state index contributed by atoms with van der Waals surface area (Å²) >= 11 is 5.36. The summed E-state index contributed by atoms with van der Waals surface area (Å²) in [5.41, 5.74) is 0. The summed E-state index contributed by atoms with van der Waals surface area (Å²) in [5, 5.41) is 5.68. The molecule has 0 aliphatic carbocycles. The lowest BCUT2D eigenvalue weighted by Crippen LogP contribution is -2.35. The summed E-state index contributed by atoms with van der Waals surface area (Å²) in [4.78, 5) is 0. The van der Waals surface area contributed by atoms with Crippen LogP contribution in [-0.2, 0) is 4.57 Å². The largest absolute Gasteiger partial charge is 0.293 e. The highest BCUT2D eigenvalue weighted by molar-refractivity contribution is 7.59. The molecule has 3 N–H and O–H groups in total. The zero-order valence-electron chi connectivity index (χ0n) is 7.89. The van der Waals surface area contributed by atoms with E-state index in [1.165, 1.54) is 0 Å². The Balaban J connectivity index is 4.15. The molecule has 0 rings (SSSR count). The van der Waals surface area contributed by atoms with Gasteiger partial charge in [0.2, 0.25) is 0 Å². The van der Waals surface area contributed by atoms with E-state index in [9.17, 15) is 4.57 Å². The zero-order chi connectivity index (χ0) is 9.78. The summed E-state index contributed by atoms with van der Waals surface area (Å²) in [7, 11) is -2.80. The summed E-state index contributed by atoms with van der Waals surface area (Å²) in [6.45, 7) is 7.62. The molecule has 0 unspecified atom stereocenters. The van der Waals surface area contributed by atoms with Gasteiger partial charge in [-0.25, -0.2) is 10.2 Å². The van der Waals surface area contributed by atoms with Gasteiger partial charge >= 0.3 is 0 Å². The van der Waals surface area contributed by atoms with Gasteiger partial charge in [0, 0.05) is 12.1 Å². The van der Waals surface area contributed by atoms with Crippen LogP contribution in [0.25, 0.3) is 0 Å². The Hall–Kier alpha value is 0.400. The third-order valence-electron chi connectivity index (χ3n) is 0.999. The van der Waals surface area contributed by atoms with Crippen LogP contribution in [0.4, 0.5) is 0 Å². The summed E-state index contributed by atoms with van der Waals surface area (Å²) in [5.74, 6) is 0. The summed E-state index contributed by atoms with van der Waals surface area (Å²) < 4.78 is 14.0. The van der Waals surface area contributed by atoms with Gasteiger partial charge in [0.1, 0.15) is 0 Å². The predicted octanol–water partition coefficient (Wildman–Crippen LogP) is 1.83. The second-order valence-corrected chi connectivity index (χ2v) is 5.67. The smallest absolute Gasteiger partial charge is 0.270 e. The Morgan fingerprint density at radius 3 is 1.58 bits per heavy atom. The molecule has 6 heteroatoms. The Kier molecular flexibility index (Phi) is 5.37. The van der Waals surface area contributed by atoms with Crippen LogP contribution in [0.2, 0.25) is 0 Å². The van der Waals surface area contributed by atoms with Gasteiger partial charge in [0.05, 0.1) is 0 Å². The van der Waals surface area contributed by atoms with E-state index < -0.39 is 7.59 Å². The van der Waals surface area contributed by atoms with Crippen molar-refractivity contribution in [2.45, 2.75) is 39.8 Å². The van der Waals surface area contributed by atoms with E-state index in [2.05, 4.69) is 14.8 Å². The molecule has 74 valence electrons. The molecule has 4 nitrogen and oxygen atoms in total. The minimum Gasteiger partial charge on any atom is -0.270 e. The molecule has 0 amide bonds. The van der Waals surface area contributed by atoms with Crippen LogP contribution in [0.3, 0.4) is 0 Å². The first-order valence-electron chi connectivity index (χ1n) is 3.93. The van der Waals surface area contributed by atoms with Crippen LogP contribution in [0, 0.1) is 0 Å². The van der Waals surface area contributed by atoms with Crippen molar-refractivity contribution in [1.29, 1.82) is 0 Å². The van der Waals surface area contributed by atoms with Crippen molar-refractivity contribution in [3.63, 3.8) is 0 Å². The van der Waals surface area contributed by atoms with E-state index in [1.807, 2.05) is 27.7 Å². The minimum absolute atomic E-state index is 0.119. The van der Waals surface area contributed by atoms with Gasteiger partial charge in [-0.2, -0.15) is 4.61 Å². The highest BCUT2D eigenvalue weighted by Gasteiger charge is 2.21. The van der Waals surface area contributed by atoms with E-state index in [0.29, 0.717) is 0 Å². The lowest BCUT2D eigenvalue weighted by molar-refractivity contribution is 0.532. The van der Waals surface area contributed by atoms with Gasteiger partial charge in [-0.15, -0.1) is 0 Å². The van der Waals surface area contributed by atoms with Crippen molar-refractivity contribution in [2.24, 2.45) is 0 Å². The van der Waals surface area contributed by atoms with E-state index in [-0.39, 0.29) is 12.1 Å². The normalized spacial score (nSPS) is 12.9. The molecule has 0 aromatic rings. The van der Waals surface area contributed by atoms with E-state index in [0.717, 1.165) is 0 Å². The first-order valence-corrected chi connectivity index (χ1v) is 6.01. The van der Waals surface area contributed by atoms with E-state index >= 15 is 0 Å². The summed E-state index contributed by atoms with van der Waals surface area (Å²) in [6.07, 6.45) is 0. The standard InChI is InChI=1S/C6H17ClN3OP/c1-5(2)8-12(11,10-7)9-6(3)4/h5-6H,1-4H3,(H3,8,9,10,11). The number of hydrogen-bond acceptors (Lipinski definition) is 1. The third kappa shape index (κ3) is 5.12. The maximum atomic E-state index is 11.7. The maximum absolute atomic E-state index is 11.7. The van der Waals surface area contributed by atoms with Crippen LogP contribution in [0.15, 0.2) is 0 Å². The van der Waals surface area contributed by atoms with Crippen molar-refractivity contribution >= 4 is 19.4 Å². The van der Waals surface area contributed by atoms with Crippen LogP contribution in [0.5, 0.6) is 0 Å². The molecular formula is C6H17ClN3OP. The van der Waals surface area contributed by atoms with Crippen molar-refractivity contribution < 1.29 is 4.57 Å². The quantitative estimate of drug-likeness (QED) is 0.482. The molecule has 0 bridgehead atoms. The molecule has 0 aromatic heterocycles. The number of hydrogen-bond donors (Lipinski definition) is 3. The highest BCUT2D eigenvalue weighted by Crippen LogP contribution is 2.32. The second-order valence-electron chi connectivity index (χ2n) is 3.26. The maximum Gasteiger partial charge on any atom is 0.293 e. The van der Waals surface area contributed by atoms with Crippen molar-refractivity contribution in [2.75, 3.05) is 0 Å². The van der Waals surface area contributed by atoms with Gasteiger partial charge < -0.3 is 0 Å². The molecule has 0 spiro atoms. The van der Waals surface area contributed by atoms with Crippen LogP contribution in [-0.4, -0.2) is 12.1 Å². The molecule has 0 aliphatic heterocycles. The SMILES string of the molecule is CC(C)NP(=O)(NCl)NC(C)C. The minimum atomic E-state index is -2.80. The molecule has 0 heterocycles. The third-order valence-corrected chi connectivity index (χ3v) is 3.71. The fourth-order valence-electron chi connectivity index (χ4n) is 0.813. The summed E-state index contributed by atoms with van der Waals surface area (Å²) in [6, 6.07) is 0.238. The van der Waals surface area contributed by atoms with Gasteiger partial charge in [-0.1, -0.05) is 0 Å². The van der Waals surface area contributed by atoms with Crippen molar-refractivity contribution in [3.8, 4) is 0 Å². The first kappa shape index (κ1) is 12.4. The molecule has 12 heavy (non-hydrogen) atoms. The molecule has 0 fully saturated rings. The Morgan fingerprint density at radius 2 is 1.42 bits per heavy atom. The molecule has 0 saturated carbocycles. The van der Waals surface area contributed by atoms with Crippen LogP contribution in [0.1, 0.15) is 27.7 Å². The first-order chi connectivity index (χ1) is 5.39. The Labute approximate surface area is 79.1 Å². The van der Waals surface area contributed by atoms with Crippen LogP contribution >= 0.6 is 19.4 Å². The van der Waals surface area contributed by atoms with Crippen LogP contribution < -0.4 is 14.8 Å². The monoisotopic (exact) mass is 213 g/mol. The van der Waals surface area contributed by atoms with Gasteiger partial charge in [-0.05, 0) is 39.5 Å². The molecular weight excluding hydrogens is 197 g/mol. The van der Waals surface area contributed by atoms with Crippen molar-refractivity contribution in [3.05, 3.63) is 0 Å². The Morgan fingerprint density at radius 1 is 1.08 bits per heavy atom. The van der Waals surface area contributed by atoms with E-state index in [4.69, 9.17) is 11.8 Å². The van der Waals surface area contributed by atoms with E-state index in [1.54, 1.807) is 0 Å². The molecule has 0 atom stereocenters. The lowest BCUT2D eigenvalue weighted by atomic mass is 10.4. The zero-order valence-corrected chi connectivity index (χ0v) is 9.54. The second kappa shape index (κ2) is 5.20. The number of nitrogens with one attached hydrogen (secondary N) is 3. The average molecular weight is 214 g/mol. The predicted molar refractivity (Wildman–Crippen MR) is 53.1 cm³/mol. The molecule has 0 radical (unpaired) electrons. The fourth-order valence-corrected chi connectivity index (χ4v) is 2.73. The van der Waals surface area contributed by atoms with Crippen molar-refractivity contribution in [1.82, 2.24) is 14.8 Å². The Bertz CT molecular complexity index is 160.